The minimum Gasteiger partial charge on any atom is -0.495 e. The summed E-state index contributed by atoms with van der Waals surface area (Å²) in [6.07, 6.45) is 3.91. The van der Waals surface area contributed by atoms with E-state index in [1.165, 1.54) is 18.2 Å². The molecule has 2 amide bonds. The number of nitrogens with one attached hydrogen (secondary N) is 2. The first-order chi connectivity index (χ1) is 20.3. The van der Waals surface area contributed by atoms with Crippen LogP contribution in [0.15, 0.2) is 95.1 Å². The maximum Gasteiger partial charge on any atom is 0.269 e. The highest BCUT2D eigenvalue weighted by Gasteiger charge is 2.37. The zero-order valence-electron chi connectivity index (χ0n) is 23.1. The maximum absolute atomic E-state index is 13.8. The van der Waals surface area contributed by atoms with E-state index in [1.54, 1.807) is 55.3 Å². The number of methoxy groups -OCH3 is 1. The number of para-hydroxylation sites is 2. The Balaban J connectivity index is 1.40. The summed E-state index contributed by atoms with van der Waals surface area (Å²) >= 11 is 1.67. The standard InChI is InChI=1S/C31H29N5O5S/c1-20-28(30(38)34-25-9-3-4-10-26(25)41-2)29(35-17-6-18-42-31(35)32-20)22-7-5-8-23(19-22)33-27(37)16-13-21-11-14-24(15-12-21)36(39)40/h3-5,7-16,19,29H,6,17-18H2,1-2H3,(H,33,37)(H,34,38)/b16-13+/t29-/m1/s1. The van der Waals surface area contributed by atoms with Crippen molar-refractivity contribution < 1.29 is 19.2 Å². The van der Waals surface area contributed by atoms with Gasteiger partial charge in [-0.3, -0.25) is 19.7 Å². The Morgan fingerprint density at radius 1 is 1.10 bits per heavy atom. The Bertz CT molecular complexity index is 1620. The minimum absolute atomic E-state index is 0.0170. The predicted octanol–water partition coefficient (Wildman–Crippen LogP) is 6.02. The van der Waals surface area contributed by atoms with Crippen LogP contribution in [0, 0.1) is 10.1 Å². The number of fused-ring (bicyclic) bond motifs is 1. The van der Waals surface area contributed by atoms with Crippen LogP contribution < -0.4 is 15.4 Å². The summed E-state index contributed by atoms with van der Waals surface area (Å²) in [7, 11) is 1.56. The molecule has 0 unspecified atom stereocenters. The number of thioether (sulfide) groups is 1. The Labute approximate surface area is 247 Å². The molecule has 214 valence electrons. The van der Waals surface area contributed by atoms with Crippen LogP contribution in [-0.4, -0.2) is 46.2 Å². The summed E-state index contributed by atoms with van der Waals surface area (Å²) in [5, 5.41) is 17.6. The first-order valence-electron chi connectivity index (χ1n) is 13.3. The van der Waals surface area contributed by atoms with Crippen molar-refractivity contribution in [2.24, 2.45) is 4.99 Å². The van der Waals surface area contributed by atoms with Gasteiger partial charge in [-0.1, -0.05) is 36.0 Å². The molecule has 42 heavy (non-hydrogen) atoms. The molecule has 5 rings (SSSR count). The normalized spacial score (nSPS) is 16.5. The number of benzene rings is 3. The maximum atomic E-state index is 13.8. The first kappa shape index (κ1) is 28.6. The lowest BCUT2D eigenvalue weighted by atomic mass is 9.93. The fourth-order valence-electron chi connectivity index (χ4n) is 4.89. The van der Waals surface area contributed by atoms with Crippen LogP contribution in [0.5, 0.6) is 5.75 Å². The number of nitrogens with zero attached hydrogens (tertiary/aromatic N) is 3. The molecular formula is C31H29N5O5S. The van der Waals surface area contributed by atoms with Crippen molar-refractivity contribution in [2.75, 3.05) is 30.0 Å². The number of anilines is 2. The topological polar surface area (TPSA) is 126 Å². The molecule has 0 saturated carbocycles. The van der Waals surface area contributed by atoms with E-state index >= 15 is 0 Å². The van der Waals surface area contributed by atoms with E-state index < -0.39 is 11.0 Å². The predicted molar refractivity (Wildman–Crippen MR) is 165 cm³/mol. The third kappa shape index (κ3) is 6.36. The molecule has 0 aromatic heterocycles. The molecule has 3 aromatic carbocycles. The molecule has 2 aliphatic rings. The van der Waals surface area contributed by atoms with E-state index in [9.17, 15) is 19.7 Å². The highest BCUT2D eigenvalue weighted by molar-refractivity contribution is 8.13. The van der Waals surface area contributed by atoms with Gasteiger partial charge in [0.25, 0.3) is 11.6 Å². The van der Waals surface area contributed by atoms with E-state index in [2.05, 4.69) is 15.5 Å². The number of carbonyl (C=O) groups excluding carboxylic acids is 2. The van der Waals surface area contributed by atoms with Crippen LogP contribution in [0.1, 0.15) is 30.5 Å². The van der Waals surface area contributed by atoms with Crippen molar-refractivity contribution in [3.63, 3.8) is 0 Å². The van der Waals surface area contributed by atoms with Crippen molar-refractivity contribution in [3.05, 3.63) is 111 Å². The van der Waals surface area contributed by atoms with Gasteiger partial charge < -0.3 is 20.3 Å². The summed E-state index contributed by atoms with van der Waals surface area (Å²) in [5.74, 6) is 0.877. The number of ether oxygens (including phenoxy) is 1. The van der Waals surface area contributed by atoms with Crippen molar-refractivity contribution in [2.45, 2.75) is 19.4 Å². The molecule has 0 aliphatic carbocycles. The zero-order chi connectivity index (χ0) is 29.6. The molecule has 2 heterocycles. The summed E-state index contributed by atoms with van der Waals surface area (Å²) in [4.78, 5) is 43.9. The van der Waals surface area contributed by atoms with Gasteiger partial charge in [-0.2, -0.15) is 0 Å². The molecule has 11 heteroatoms. The molecule has 1 saturated heterocycles. The second-order valence-electron chi connectivity index (χ2n) is 9.64. The number of hydrogen-bond donors (Lipinski definition) is 2. The number of aliphatic imine (C=N–C) groups is 1. The van der Waals surface area contributed by atoms with Gasteiger partial charge in [0, 0.05) is 36.2 Å². The SMILES string of the molecule is COc1ccccc1NC(=O)C1=C(C)N=C2SCCCN2[C@@H]1c1cccc(NC(=O)/C=C/c2ccc([N+](=O)[O-])cc2)c1. The molecule has 0 spiro atoms. The van der Waals surface area contributed by atoms with Gasteiger partial charge in [0.2, 0.25) is 5.91 Å². The van der Waals surface area contributed by atoms with Gasteiger partial charge in [0.05, 0.1) is 35.0 Å². The van der Waals surface area contributed by atoms with E-state index in [4.69, 9.17) is 9.73 Å². The summed E-state index contributed by atoms with van der Waals surface area (Å²) in [6, 6.07) is 20.2. The van der Waals surface area contributed by atoms with Crippen molar-refractivity contribution in [1.29, 1.82) is 0 Å². The van der Waals surface area contributed by atoms with Gasteiger partial charge in [-0.15, -0.1) is 0 Å². The third-order valence-electron chi connectivity index (χ3n) is 6.86. The van der Waals surface area contributed by atoms with Gasteiger partial charge >= 0.3 is 0 Å². The number of non-ortho nitro benzene ring substituents is 1. The van der Waals surface area contributed by atoms with Crippen LogP contribution in [-0.2, 0) is 9.59 Å². The Kier molecular flexibility index (Phi) is 8.68. The largest absolute Gasteiger partial charge is 0.495 e. The van der Waals surface area contributed by atoms with Crippen molar-refractivity contribution in [3.8, 4) is 5.75 Å². The molecule has 3 aromatic rings. The summed E-state index contributed by atoms with van der Waals surface area (Å²) < 4.78 is 5.43. The lowest BCUT2D eigenvalue weighted by Crippen LogP contribution is -2.43. The fraction of sp³-hybridized carbons (Fsp3) is 0.194. The lowest BCUT2D eigenvalue weighted by Gasteiger charge is -2.41. The number of nitro groups is 1. The monoisotopic (exact) mass is 583 g/mol. The van der Waals surface area contributed by atoms with Crippen LogP contribution in [0.2, 0.25) is 0 Å². The molecule has 10 nitrogen and oxygen atoms in total. The number of rotatable bonds is 8. The number of allylic oxidation sites excluding steroid dienone is 1. The van der Waals surface area contributed by atoms with Crippen LogP contribution >= 0.6 is 11.8 Å². The molecule has 0 radical (unpaired) electrons. The van der Waals surface area contributed by atoms with Crippen molar-refractivity contribution in [1.82, 2.24) is 4.90 Å². The Morgan fingerprint density at radius 2 is 1.88 bits per heavy atom. The molecule has 0 bridgehead atoms. The van der Waals surface area contributed by atoms with E-state index in [0.717, 1.165) is 29.4 Å². The average Bonchev–Trinajstić information content (AvgIpc) is 3.00. The summed E-state index contributed by atoms with van der Waals surface area (Å²) in [6.45, 7) is 2.59. The average molecular weight is 584 g/mol. The number of amidine groups is 1. The smallest absolute Gasteiger partial charge is 0.269 e. The highest BCUT2D eigenvalue weighted by Crippen LogP contribution is 2.40. The molecule has 1 atom stereocenters. The molecular weight excluding hydrogens is 554 g/mol. The number of nitro benzene ring substituents is 1. The second-order valence-corrected chi connectivity index (χ2v) is 10.7. The Hall–Kier alpha value is -4.90. The molecule has 2 aliphatic heterocycles. The lowest BCUT2D eigenvalue weighted by molar-refractivity contribution is -0.384. The quantitative estimate of drug-likeness (QED) is 0.189. The van der Waals surface area contributed by atoms with E-state index in [-0.39, 0.29) is 17.5 Å². The molecule has 1 fully saturated rings. The van der Waals surface area contributed by atoms with Crippen LogP contribution in [0.4, 0.5) is 17.1 Å². The van der Waals surface area contributed by atoms with Gasteiger partial charge in [-0.05, 0) is 66.9 Å². The van der Waals surface area contributed by atoms with E-state index in [1.807, 2.05) is 37.3 Å². The summed E-state index contributed by atoms with van der Waals surface area (Å²) in [5.41, 5.74) is 3.77. The van der Waals surface area contributed by atoms with Crippen molar-refractivity contribution >= 4 is 51.9 Å². The van der Waals surface area contributed by atoms with Gasteiger partial charge in [0.15, 0.2) is 5.17 Å². The first-order valence-corrected chi connectivity index (χ1v) is 14.3. The van der Waals surface area contributed by atoms with E-state index in [0.29, 0.717) is 34.0 Å². The number of hydrogen-bond acceptors (Lipinski definition) is 8. The third-order valence-corrected chi connectivity index (χ3v) is 7.94. The minimum atomic E-state index is -0.471. The zero-order valence-corrected chi connectivity index (χ0v) is 23.9. The number of amides is 2. The molecule has 2 N–H and O–H groups in total. The second kappa shape index (κ2) is 12.7. The highest BCUT2D eigenvalue weighted by atomic mass is 32.2. The van der Waals surface area contributed by atoms with Crippen LogP contribution in [0.25, 0.3) is 6.08 Å². The van der Waals surface area contributed by atoms with Gasteiger partial charge in [-0.25, -0.2) is 4.99 Å². The van der Waals surface area contributed by atoms with Gasteiger partial charge in [0.1, 0.15) is 5.75 Å². The fourth-order valence-corrected chi connectivity index (χ4v) is 5.91. The number of carbonyl (C=O) groups is 2. The van der Waals surface area contributed by atoms with Crippen LogP contribution in [0.3, 0.4) is 0 Å². The Morgan fingerprint density at radius 3 is 2.64 bits per heavy atom.